The standard InChI is InChI=1S/C11H26NO7P/c1-7-16-10(12(4,5)6)11(17-8-2,18-9-3)19-20(13,14)15/h10H,7-9H2,1-6H3,(H-,13,14,15)/p+1. The van der Waals surface area contributed by atoms with E-state index in [9.17, 15) is 4.57 Å². The molecule has 1 unspecified atom stereocenters. The highest BCUT2D eigenvalue weighted by Gasteiger charge is 2.55. The molecule has 0 aliphatic rings. The molecule has 0 aliphatic carbocycles. The normalized spacial score (nSPS) is 15.4. The molecule has 20 heavy (non-hydrogen) atoms. The van der Waals surface area contributed by atoms with Crippen LogP contribution in [0.15, 0.2) is 0 Å². The van der Waals surface area contributed by atoms with Crippen LogP contribution in [0.25, 0.3) is 0 Å². The summed E-state index contributed by atoms with van der Waals surface area (Å²) in [5.41, 5.74) is 0. The van der Waals surface area contributed by atoms with Gasteiger partial charge in [-0.3, -0.25) is 4.48 Å². The molecule has 9 heteroatoms. The minimum atomic E-state index is -4.83. The number of likely N-dealkylation sites (N-methyl/N-ethyl adjacent to an activating group) is 1. The van der Waals surface area contributed by atoms with Crippen molar-refractivity contribution >= 4 is 7.82 Å². The number of phosphoric ester groups is 1. The third-order valence-electron chi connectivity index (χ3n) is 2.27. The molecule has 0 bridgehead atoms. The summed E-state index contributed by atoms with van der Waals surface area (Å²) in [5, 5.41) is 0. The molecule has 0 heterocycles. The van der Waals surface area contributed by atoms with E-state index in [1.54, 1.807) is 41.9 Å². The van der Waals surface area contributed by atoms with E-state index >= 15 is 0 Å². The fraction of sp³-hybridized carbons (Fsp3) is 1.00. The molecular formula is C11H27NO7P+. The number of ether oxygens (including phenoxy) is 3. The lowest BCUT2D eigenvalue weighted by Crippen LogP contribution is -2.63. The maximum absolute atomic E-state index is 11.3. The van der Waals surface area contributed by atoms with Crippen LogP contribution in [0.3, 0.4) is 0 Å². The van der Waals surface area contributed by atoms with Gasteiger partial charge in [0, 0.05) is 13.2 Å². The largest absolute Gasteiger partial charge is 0.474 e. The van der Waals surface area contributed by atoms with Crippen LogP contribution in [0.4, 0.5) is 0 Å². The van der Waals surface area contributed by atoms with Crippen molar-refractivity contribution in [2.75, 3.05) is 41.0 Å². The van der Waals surface area contributed by atoms with E-state index in [0.29, 0.717) is 6.61 Å². The second-order valence-electron chi connectivity index (χ2n) is 4.98. The predicted octanol–water partition coefficient (Wildman–Crippen LogP) is 0.891. The molecule has 0 saturated heterocycles. The van der Waals surface area contributed by atoms with Crippen molar-refractivity contribution in [2.45, 2.75) is 33.0 Å². The van der Waals surface area contributed by atoms with Gasteiger partial charge in [0.1, 0.15) is 0 Å². The Morgan fingerprint density at radius 3 is 1.75 bits per heavy atom. The van der Waals surface area contributed by atoms with E-state index in [2.05, 4.69) is 0 Å². The number of quaternary nitrogens is 1. The number of rotatable bonds is 10. The van der Waals surface area contributed by atoms with Crippen molar-refractivity contribution in [1.29, 1.82) is 0 Å². The number of nitrogens with zero attached hydrogens (tertiary/aromatic N) is 1. The third kappa shape index (κ3) is 6.15. The lowest BCUT2D eigenvalue weighted by molar-refractivity contribution is -0.938. The molecular weight excluding hydrogens is 289 g/mol. The fourth-order valence-electron chi connectivity index (χ4n) is 1.81. The Morgan fingerprint density at radius 1 is 1.05 bits per heavy atom. The number of phosphoric acid groups is 1. The van der Waals surface area contributed by atoms with Crippen LogP contribution in [0.5, 0.6) is 0 Å². The minimum absolute atomic E-state index is 0.142. The first kappa shape index (κ1) is 19.9. The smallest absolute Gasteiger partial charge is 0.323 e. The monoisotopic (exact) mass is 316 g/mol. The zero-order valence-corrected chi connectivity index (χ0v) is 13.9. The lowest BCUT2D eigenvalue weighted by atomic mass is 10.3. The topological polar surface area (TPSA) is 94.5 Å². The first-order valence-corrected chi connectivity index (χ1v) is 8.02. The molecule has 0 rings (SSSR count). The van der Waals surface area contributed by atoms with Gasteiger partial charge < -0.3 is 24.0 Å². The molecule has 0 fully saturated rings. The van der Waals surface area contributed by atoms with Crippen LogP contribution >= 0.6 is 7.82 Å². The van der Waals surface area contributed by atoms with E-state index in [1.165, 1.54) is 0 Å². The van der Waals surface area contributed by atoms with Gasteiger partial charge in [-0.15, -0.1) is 0 Å². The van der Waals surface area contributed by atoms with Crippen molar-refractivity contribution in [3.8, 4) is 0 Å². The highest BCUT2D eigenvalue weighted by atomic mass is 31.2. The Bertz CT molecular complexity index is 319. The molecule has 0 aromatic heterocycles. The average Bonchev–Trinajstić information content (AvgIpc) is 2.22. The molecule has 2 N–H and O–H groups in total. The van der Waals surface area contributed by atoms with Crippen molar-refractivity contribution < 1.29 is 37.6 Å². The van der Waals surface area contributed by atoms with Crippen molar-refractivity contribution in [3.63, 3.8) is 0 Å². The molecule has 0 aromatic carbocycles. The van der Waals surface area contributed by atoms with Gasteiger partial charge >= 0.3 is 13.8 Å². The zero-order valence-electron chi connectivity index (χ0n) is 13.0. The zero-order chi connectivity index (χ0) is 16.0. The second kappa shape index (κ2) is 7.82. The van der Waals surface area contributed by atoms with Crippen LogP contribution in [0.1, 0.15) is 20.8 Å². The van der Waals surface area contributed by atoms with Crippen LogP contribution in [-0.4, -0.2) is 67.4 Å². The van der Waals surface area contributed by atoms with Crippen LogP contribution in [0, 0.1) is 0 Å². The molecule has 0 radical (unpaired) electrons. The Hall–Kier alpha value is -0.0500. The van der Waals surface area contributed by atoms with Crippen molar-refractivity contribution in [3.05, 3.63) is 0 Å². The first-order chi connectivity index (χ1) is 9.02. The van der Waals surface area contributed by atoms with E-state index < -0.39 is 20.0 Å². The lowest BCUT2D eigenvalue weighted by Gasteiger charge is -2.43. The number of hydrogen-bond acceptors (Lipinski definition) is 5. The van der Waals surface area contributed by atoms with Gasteiger partial charge in [-0.05, 0) is 20.8 Å². The SMILES string of the molecule is CCOC(C(OCC)(OCC)OP(=O)(O)O)[N+](C)(C)C. The van der Waals surface area contributed by atoms with Crippen LogP contribution in [0.2, 0.25) is 0 Å². The van der Waals surface area contributed by atoms with Gasteiger partial charge in [0.15, 0.2) is 0 Å². The predicted molar refractivity (Wildman–Crippen MR) is 72.6 cm³/mol. The van der Waals surface area contributed by atoms with Gasteiger partial charge in [-0.2, -0.15) is 0 Å². The summed E-state index contributed by atoms with van der Waals surface area (Å²) >= 11 is 0. The maximum Gasteiger partial charge on any atom is 0.474 e. The van der Waals surface area contributed by atoms with Crippen LogP contribution in [-0.2, 0) is 23.3 Å². The summed E-state index contributed by atoms with van der Waals surface area (Å²) in [6.45, 7) is 5.72. The first-order valence-electron chi connectivity index (χ1n) is 6.49. The third-order valence-corrected chi connectivity index (χ3v) is 2.76. The molecule has 1 atom stereocenters. The Labute approximate surface area is 120 Å². The van der Waals surface area contributed by atoms with Crippen LogP contribution < -0.4 is 0 Å². The molecule has 0 aromatic rings. The summed E-state index contributed by atoms with van der Waals surface area (Å²) in [7, 11) is 0.530. The highest BCUT2D eigenvalue weighted by molar-refractivity contribution is 7.46. The highest BCUT2D eigenvalue weighted by Crippen LogP contribution is 2.45. The van der Waals surface area contributed by atoms with Gasteiger partial charge in [-0.25, -0.2) is 9.09 Å². The summed E-state index contributed by atoms with van der Waals surface area (Å²) in [6, 6.07) is 0. The molecule has 122 valence electrons. The van der Waals surface area contributed by atoms with Gasteiger partial charge in [0.05, 0.1) is 27.7 Å². The second-order valence-corrected chi connectivity index (χ2v) is 6.14. The summed E-state index contributed by atoms with van der Waals surface area (Å²) in [5.74, 6) is -1.98. The summed E-state index contributed by atoms with van der Waals surface area (Å²) in [6.07, 6.45) is -0.875. The van der Waals surface area contributed by atoms with E-state index in [1.807, 2.05) is 0 Å². The average molecular weight is 316 g/mol. The minimum Gasteiger partial charge on any atom is -0.323 e. The Kier molecular flexibility index (Phi) is 7.80. The Morgan fingerprint density at radius 2 is 1.50 bits per heavy atom. The molecule has 0 amide bonds. The van der Waals surface area contributed by atoms with Crippen molar-refractivity contribution in [2.24, 2.45) is 0 Å². The summed E-state index contributed by atoms with van der Waals surface area (Å²) < 4.78 is 32.7. The van der Waals surface area contributed by atoms with Gasteiger partial charge in [-0.1, -0.05) is 0 Å². The molecule has 8 nitrogen and oxygen atoms in total. The Balaban J connectivity index is 5.68. The van der Waals surface area contributed by atoms with E-state index in [4.69, 9.17) is 28.5 Å². The van der Waals surface area contributed by atoms with Gasteiger partial charge in [0.25, 0.3) is 6.23 Å². The van der Waals surface area contributed by atoms with Crippen molar-refractivity contribution in [1.82, 2.24) is 0 Å². The quantitative estimate of drug-likeness (QED) is 0.351. The fourth-order valence-corrected chi connectivity index (χ4v) is 2.34. The van der Waals surface area contributed by atoms with Gasteiger partial charge in [0.2, 0.25) is 0 Å². The molecule has 0 spiro atoms. The molecule has 0 aliphatic heterocycles. The van der Waals surface area contributed by atoms with E-state index in [0.717, 1.165) is 0 Å². The summed E-state index contributed by atoms with van der Waals surface area (Å²) in [4.78, 5) is 18.3. The maximum atomic E-state index is 11.3. The number of hydrogen-bond donors (Lipinski definition) is 2. The van der Waals surface area contributed by atoms with E-state index in [-0.39, 0.29) is 17.7 Å². The molecule has 0 saturated carbocycles.